The first-order valence-corrected chi connectivity index (χ1v) is 8.87. The number of likely N-dealkylation sites (N-methyl/N-ethyl adjacent to an activating group) is 2. The molecule has 1 aliphatic carbocycles. The molecule has 0 amide bonds. The molecule has 0 spiro atoms. The van der Waals surface area contributed by atoms with Crippen LogP contribution in [0, 0.1) is 5.41 Å². The van der Waals surface area contributed by atoms with Gasteiger partial charge in [-0.05, 0) is 59.2 Å². The summed E-state index contributed by atoms with van der Waals surface area (Å²) in [6.07, 6.45) is 8.03. The first-order chi connectivity index (χ1) is 10.2. The Hall–Kier alpha value is -0.160. The average Bonchev–Trinajstić information content (AvgIpc) is 3.22. The van der Waals surface area contributed by atoms with Crippen LogP contribution >= 0.6 is 0 Å². The lowest BCUT2D eigenvalue weighted by Crippen LogP contribution is -2.50. The van der Waals surface area contributed by atoms with Crippen molar-refractivity contribution in [2.75, 3.05) is 53.5 Å². The maximum atomic E-state index is 5.85. The van der Waals surface area contributed by atoms with Gasteiger partial charge in [-0.2, -0.15) is 0 Å². The van der Waals surface area contributed by atoms with Crippen molar-refractivity contribution in [1.82, 2.24) is 15.1 Å². The van der Waals surface area contributed by atoms with Gasteiger partial charge in [0.1, 0.15) is 0 Å². The van der Waals surface area contributed by atoms with Crippen molar-refractivity contribution < 1.29 is 4.74 Å². The molecule has 2 aliphatic heterocycles. The highest BCUT2D eigenvalue weighted by molar-refractivity contribution is 4.91. The predicted molar refractivity (Wildman–Crippen MR) is 86.7 cm³/mol. The van der Waals surface area contributed by atoms with Crippen molar-refractivity contribution >= 4 is 0 Å². The molecule has 3 aliphatic rings. The van der Waals surface area contributed by atoms with Crippen LogP contribution in [0.15, 0.2) is 0 Å². The number of nitrogens with zero attached hydrogens (tertiary/aromatic N) is 2. The van der Waals surface area contributed by atoms with Crippen molar-refractivity contribution in [3.05, 3.63) is 0 Å². The molecule has 4 nitrogen and oxygen atoms in total. The van der Waals surface area contributed by atoms with E-state index in [4.69, 9.17) is 4.74 Å². The number of ether oxygens (including phenoxy) is 1. The zero-order chi connectivity index (χ0) is 14.7. The topological polar surface area (TPSA) is 27.7 Å². The summed E-state index contributed by atoms with van der Waals surface area (Å²) in [6.45, 7) is 6.70. The van der Waals surface area contributed by atoms with Gasteiger partial charge in [0.25, 0.3) is 0 Å². The van der Waals surface area contributed by atoms with Gasteiger partial charge in [0, 0.05) is 43.7 Å². The second-order valence-corrected chi connectivity index (χ2v) is 7.78. The third-order valence-electron chi connectivity index (χ3n) is 5.55. The van der Waals surface area contributed by atoms with Gasteiger partial charge in [0.05, 0.1) is 6.61 Å². The zero-order valence-corrected chi connectivity index (χ0v) is 13.9. The van der Waals surface area contributed by atoms with Crippen LogP contribution in [0.2, 0.25) is 0 Å². The van der Waals surface area contributed by atoms with E-state index in [0.717, 1.165) is 31.8 Å². The maximum absolute atomic E-state index is 5.85. The van der Waals surface area contributed by atoms with Crippen molar-refractivity contribution in [3.63, 3.8) is 0 Å². The first kappa shape index (κ1) is 15.7. The SMILES string of the molecule is CN(CC1CCCN1C)CC1(CNC2CC2)CCCOC1. The maximum Gasteiger partial charge on any atom is 0.0546 e. The minimum Gasteiger partial charge on any atom is -0.381 e. The first-order valence-electron chi connectivity index (χ1n) is 8.87. The van der Waals surface area contributed by atoms with Crippen molar-refractivity contribution in [2.24, 2.45) is 5.41 Å². The fraction of sp³-hybridized carbons (Fsp3) is 1.00. The van der Waals surface area contributed by atoms with Crippen molar-refractivity contribution in [3.8, 4) is 0 Å². The molecule has 4 heteroatoms. The summed E-state index contributed by atoms with van der Waals surface area (Å²) < 4.78 is 5.85. The van der Waals surface area contributed by atoms with Gasteiger partial charge in [0.2, 0.25) is 0 Å². The third-order valence-corrected chi connectivity index (χ3v) is 5.55. The Morgan fingerprint density at radius 3 is 2.76 bits per heavy atom. The fourth-order valence-electron chi connectivity index (χ4n) is 4.09. The highest BCUT2D eigenvalue weighted by Crippen LogP contribution is 2.31. The van der Waals surface area contributed by atoms with Gasteiger partial charge in [-0.25, -0.2) is 0 Å². The van der Waals surface area contributed by atoms with E-state index in [1.54, 1.807) is 0 Å². The quantitative estimate of drug-likeness (QED) is 0.771. The minimum absolute atomic E-state index is 0.340. The number of rotatable bonds is 7. The van der Waals surface area contributed by atoms with Gasteiger partial charge < -0.3 is 19.9 Å². The molecule has 3 rings (SSSR count). The monoisotopic (exact) mass is 295 g/mol. The second-order valence-electron chi connectivity index (χ2n) is 7.78. The van der Waals surface area contributed by atoms with E-state index < -0.39 is 0 Å². The Morgan fingerprint density at radius 1 is 1.29 bits per heavy atom. The molecule has 0 aromatic rings. The average molecular weight is 295 g/mol. The normalized spacial score (nSPS) is 34.7. The van der Waals surface area contributed by atoms with E-state index in [-0.39, 0.29) is 0 Å². The summed E-state index contributed by atoms with van der Waals surface area (Å²) in [6, 6.07) is 1.56. The minimum atomic E-state index is 0.340. The summed E-state index contributed by atoms with van der Waals surface area (Å²) >= 11 is 0. The standard InChI is InChI=1S/C17H33N3O/c1-19(11-16-5-3-9-20(16)2)13-17(8-4-10-21-14-17)12-18-15-6-7-15/h15-16,18H,3-14H2,1-2H3. The van der Waals surface area contributed by atoms with Gasteiger partial charge in [-0.15, -0.1) is 0 Å². The Kier molecular flexibility index (Phi) is 5.20. The molecule has 2 unspecified atom stereocenters. The van der Waals surface area contributed by atoms with E-state index in [1.807, 2.05) is 0 Å². The van der Waals surface area contributed by atoms with E-state index in [2.05, 4.69) is 29.2 Å². The third kappa shape index (κ3) is 4.41. The van der Waals surface area contributed by atoms with E-state index in [9.17, 15) is 0 Å². The second kappa shape index (κ2) is 6.95. The molecule has 0 aromatic carbocycles. The Labute approximate surface area is 130 Å². The lowest BCUT2D eigenvalue weighted by atomic mass is 9.81. The van der Waals surface area contributed by atoms with E-state index in [0.29, 0.717) is 5.41 Å². The highest BCUT2D eigenvalue weighted by atomic mass is 16.5. The predicted octanol–water partition coefficient (Wildman–Crippen LogP) is 1.56. The molecule has 21 heavy (non-hydrogen) atoms. The molecule has 0 aromatic heterocycles. The summed E-state index contributed by atoms with van der Waals surface area (Å²) in [5, 5.41) is 3.76. The smallest absolute Gasteiger partial charge is 0.0546 e. The number of nitrogens with one attached hydrogen (secondary N) is 1. The molecule has 2 heterocycles. The van der Waals surface area contributed by atoms with Gasteiger partial charge in [0.15, 0.2) is 0 Å². The van der Waals surface area contributed by atoms with Gasteiger partial charge >= 0.3 is 0 Å². The molecule has 1 N–H and O–H groups in total. The lowest BCUT2D eigenvalue weighted by molar-refractivity contribution is -0.0248. The summed E-state index contributed by atoms with van der Waals surface area (Å²) in [4.78, 5) is 5.10. The van der Waals surface area contributed by atoms with E-state index in [1.165, 1.54) is 58.2 Å². The Bertz CT molecular complexity index is 326. The summed E-state index contributed by atoms with van der Waals surface area (Å²) in [5.41, 5.74) is 0.340. The Balaban J connectivity index is 1.51. The highest BCUT2D eigenvalue weighted by Gasteiger charge is 2.36. The molecule has 3 fully saturated rings. The van der Waals surface area contributed by atoms with Crippen LogP contribution in [0.4, 0.5) is 0 Å². The molecular weight excluding hydrogens is 262 g/mol. The Morgan fingerprint density at radius 2 is 2.14 bits per heavy atom. The number of hydrogen-bond donors (Lipinski definition) is 1. The van der Waals surface area contributed by atoms with Crippen LogP contribution in [0.5, 0.6) is 0 Å². The summed E-state index contributed by atoms with van der Waals surface area (Å²) in [7, 11) is 4.58. The molecule has 122 valence electrons. The molecule has 2 atom stereocenters. The van der Waals surface area contributed by atoms with Gasteiger partial charge in [-0.1, -0.05) is 0 Å². The largest absolute Gasteiger partial charge is 0.381 e. The zero-order valence-electron chi connectivity index (χ0n) is 13.9. The molecular formula is C17H33N3O. The van der Waals surface area contributed by atoms with Crippen LogP contribution in [0.25, 0.3) is 0 Å². The van der Waals surface area contributed by atoms with Crippen LogP contribution < -0.4 is 5.32 Å². The molecule has 2 saturated heterocycles. The molecule has 0 bridgehead atoms. The van der Waals surface area contributed by atoms with Crippen molar-refractivity contribution in [1.29, 1.82) is 0 Å². The molecule has 0 radical (unpaired) electrons. The number of likely N-dealkylation sites (tertiary alicyclic amines) is 1. The van der Waals surface area contributed by atoms with Crippen LogP contribution in [-0.4, -0.2) is 75.4 Å². The number of hydrogen-bond acceptors (Lipinski definition) is 4. The molecule has 1 saturated carbocycles. The fourth-order valence-corrected chi connectivity index (χ4v) is 4.09. The summed E-state index contributed by atoms with van der Waals surface area (Å²) in [5.74, 6) is 0. The van der Waals surface area contributed by atoms with E-state index >= 15 is 0 Å². The van der Waals surface area contributed by atoms with Crippen molar-refractivity contribution in [2.45, 2.75) is 50.6 Å². The van der Waals surface area contributed by atoms with Gasteiger partial charge in [-0.3, -0.25) is 0 Å². The lowest BCUT2D eigenvalue weighted by Gasteiger charge is -2.41. The van der Waals surface area contributed by atoms with Crippen LogP contribution in [0.3, 0.4) is 0 Å². The van der Waals surface area contributed by atoms with Crippen LogP contribution in [-0.2, 0) is 4.74 Å². The van der Waals surface area contributed by atoms with Crippen LogP contribution in [0.1, 0.15) is 38.5 Å².